The number of ether oxygens (including phenoxy) is 1. The van der Waals surface area contributed by atoms with Crippen LogP contribution in [0.4, 0.5) is 0 Å². The van der Waals surface area contributed by atoms with Gasteiger partial charge in [0.25, 0.3) is 0 Å². The van der Waals surface area contributed by atoms with Crippen LogP contribution in [0, 0.1) is 0 Å². The molecular weight excluding hydrogens is 234 g/mol. The Hall–Kier alpha value is -0.420. The third-order valence-electron chi connectivity index (χ3n) is 3.31. The van der Waals surface area contributed by atoms with Gasteiger partial charge < -0.3 is 14.7 Å². The van der Waals surface area contributed by atoms with E-state index in [1.807, 2.05) is 0 Å². The molecule has 1 aliphatic heterocycles. The minimum Gasteiger partial charge on any atom is -0.388 e. The first-order valence-corrected chi connectivity index (χ1v) is 7.07. The molecule has 1 saturated heterocycles. The first kappa shape index (κ1) is 13.0. The lowest BCUT2D eigenvalue weighted by molar-refractivity contribution is -0.0766. The van der Waals surface area contributed by atoms with Gasteiger partial charge in [-0.15, -0.1) is 11.3 Å². The largest absolute Gasteiger partial charge is 0.388 e. The Bertz CT molecular complexity index is 320. The van der Waals surface area contributed by atoms with E-state index in [0.717, 1.165) is 32.4 Å². The maximum Gasteiger partial charge on any atom is 0.0817 e. The normalized spacial score (nSPS) is 19.7. The highest BCUT2D eigenvalue weighted by atomic mass is 32.1. The van der Waals surface area contributed by atoms with E-state index >= 15 is 0 Å². The zero-order valence-electron chi connectivity index (χ0n) is 10.4. The number of nitrogens with zero attached hydrogens (tertiary/aromatic N) is 1. The SMILES string of the molecule is CN(CCc1cccs1)CC1(O)CCOCC1. The van der Waals surface area contributed by atoms with Crippen molar-refractivity contribution in [2.24, 2.45) is 0 Å². The average Bonchev–Trinajstić information content (AvgIpc) is 2.79. The molecule has 0 radical (unpaired) electrons. The zero-order valence-corrected chi connectivity index (χ0v) is 11.2. The van der Waals surface area contributed by atoms with E-state index in [9.17, 15) is 5.11 Å². The summed E-state index contributed by atoms with van der Waals surface area (Å²) in [5.41, 5.74) is -0.539. The van der Waals surface area contributed by atoms with E-state index in [4.69, 9.17) is 4.74 Å². The quantitative estimate of drug-likeness (QED) is 0.870. The Morgan fingerprint density at radius 1 is 1.47 bits per heavy atom. The maximum absolute atomic E-state index is 10.4. The predicted molar refractivity (Wildman–Crippen MR) is 70.5 cm³/mol. The van der Waals surface area contributed by atoms with Gasteiger partial charge in [0.05, 0.1) is 5.60 Å². The van der Waals surface area contributed by atoms with Crippen LogP contribution in [0.2, 0.25) is 0 Å². The summed E-state index contributed by atoms with van der Waals surface area (Å²) in [5, 5.41) is 12.5. The van der Waals surface area contributed by atoms with Gasteiger partial charge in [0.2, 0.25) is 0 Å². The second-order valence-corrected chi connectivity index (χ2v) is 5.94. The van der Waals surface area contributed by atoms with Gasteiger partial charge in [0, 0.05) is 44.0 Å². The molecule has 1 aromatic rings. The zero-order chi connectivity index (χ0) is 12.1. The molecule has 1 fully saturated rings. The van der Waals surface area contributed by atoms with Gasteiger partial charge in [-0.05, 0) is 24.9 Å². The number of aliphatic hydroxyl groups is 1. The summed E-state index contributed by atoms with van der Waals surface area (Å²) in [6, 6.07) is 4.26. The molecule has 0 amide bonds. The van der Waals surface area contributed by atoms with Crippen molar-refractivity contribution in [2.45, 2.75) is 24.9 Å². The molecule has 0 aliphatic carbocycles. The second-order valence-electron chi connectivity index (χ2n) is 4.90. The van der Waals surface area contributed by atoms with Crippen molar-refractivity contribution in [1.82, 2.24) is 4.90 Å². The van der Waals surface area contributed by atoms with Crippen molar-refractivity contribution in [2.75, 3.05) is 33.4 Å². The van der Waals surface area contributed by atoms with Crippen molar-refractivity contribution in [3.8, 4) is 0 Å². The lowest BCUT2D eigenvalue weighted by Crippen LogP contribution is -2.46. The second kappa shape index (κ2) is 5.96. The number of likely N-dealkylation sites (N-methyl/N-ethyl adjacent to an activating group) is 1. The van der Waals surface area contributed by atoms with Crippen LogP contribution in [0.3, 0.4) is 0 Å². The van der Waals surface area contributed by atoms with Crippen molar-refractivity contribution >= 4 is 11.3 Å². The molecule has 0 aromatic carbocycles. The molecule has 0 bridgehead atoms. The highest BCUT2D eigenvalue weighted by Gasteiger charge is 2.30. The molecule has 0 atom stereocenters. The predicted octanol–water partition coefficient (Wildman–Crippen LogP) is 1.76. The molecule has 2 heterocycles. The lowest BCUT2D eigenvalue weighted by atomic mass is 9.94. The molecule has 0 saturated carbocycles. The molecule has 2 rings (SSSR count). The number of thiophene rings is 1. The number of hydrogen-bond donors (Lipinski definition) is 1. The average molecular weight is 255 g/mol. The van der Waals surface area contributed by atoms with Crippen molar-refractivity contribution < 1.29 is 9.84 Å². The van der Waals surface area contributed by atoms with Gasteiger partial charge >= 0.3 is 0 Å². The molecule has 1 N–H and O–H groups in total. The van der Waals surface area contributed by atoms with Crippen molar-refractivity contribution in [3.05, 3.63) is 22.4 Å². The van der Waals surface area contributed by atoms with Crippen LogP contribution in [0.25, 0.3) is 0 Å². The fourth-order valence-corrected chi connectivity index (χ4v) is 2.95. The summed E-state index contributed by atoms with van der Waals surface area (Å²) >= 11 is 1.80. The lowest BCUT2D eigenvalue weighted by Gasteiger charge is -2.35. The van der Waals surface area contributed by atoms with Crippen LogP contribution in [0.5, 0.6) is 0 Å². The minimum atomic E-state index is -0.539. The maximum atomic E-state index is 10.4. The Morgan fingerprint density at radius 3 is 2.88 bits per heavy atom. The summed E-state index contributed by atoms with van der Waals surface area (Å²) < 4.78 is 5.29. The van der Waals surface area contributed by atoms with Crippen molar-refractivity contribution in [3.63, 3.8) is 0 Å². The van der Waals surface area contributed by atoms with E-state index in [2.05, 4.69) is 29.5 Å². The standard InChI is InChI=1S/C13H21NO2S/c1-14(7-4-12-3-2-10-17-12)11-13(15)5-8-16-9-6-13/h2-3,10,15H,4-9,11H2,1H3. The Balaban J connectivity index is 1.74. The summed E-state index contributed by atoms with van der Waals surface area (Å²) in [4.78, 5) is 3.64. The third kappa shape index (κ3) is 4.07. The summed E-state index contributed by atoms with van der Waals surface area (Å²) in [5.74, 6) is 0. The van der Waals surface area contributed by atoms with Crippen LogP contribution in [-0.4, -0.2) is 49.0 Å². The van der Waals surface area contributed by atoms with Gasteiger partial charge in [-0.3, -0.25) is 0 Å². The van der Waals surface area contributed by atoms with Crippen molar-refractivity contribution in [1.29, 1.82) is 0 Å². The third-order valence-corrected chi connectivity index (χ3v) is 4.24. The summed E-state index contributed by atoms with van der Waals surface area (Å²) in [6.07, 6.45) is 2.59. The van der Waals surface area contributed by atoms with E-state index < -0.39 is 5.60 Å². The van der Waals surface area contributed by atoms with Gasteiger partial charge in [-0.1, -0.05) is 6.07 Å². The van der Waals surface area contributed by atoms with E-state index in [1.54, 1.807) is 11.3 Å². The van der Waals surface area contributed by atoms with Crippen LogP contribution < -0.4 is 0 Å². The summed E-state index contributed by atoms with van der Waals surface area (Å²) in [6.45, 7) is 3.13. The molecular formula is C13H21NO2S. The molecule has 4 heteroatoms. The molecule has 0 spiro atoms. The van der Waals surface area contributed by atoms with Gasteiger partial charge in [-0.25, -0.2) is 0 Å². The summed E-state index contributed by atoms with van der Waals surface area (Å²) in [7, 11) is 2.08. The highest BCUT2D eigenvalue weighted by molar-refractivity contribution is 7.09. The monoisotopic (exact) mass is 255 g/mol. The van der Waals surface area contributed by atoms with Crippen LogP contribution in [-0.2, 0) is 11.2 Å². The fraction of sp³-hybridized carbons (Fsp3) is 0.692. The van der Waals surface area contributed by atoms with E-state index in [-0.39, 0.29) is 0 Å². The highest BCUT2D eigenvalue weighted by Crippen LogP contribution is 2.21. The Labute approximate surface area is 107 Å². The minimum absolute atomic E-state index is 0.539. The molecule has 1 aliphatic rings. The fourth-order valence-electron chi connectivity index (χ4n) is 2.25. The molecule has 96 valence electrons. The molecule has 17 heavy (non-hydrogen) atoms. The molecule has 0 unspecified atom stereocenters. The van der Waals surface area contributed by atoms with Crippen LogP contribution >= 0.6 is 11.3 Å². The first-order chi connectivity index (χ1) is 8.18. The first-order valence-electron chi connectivity index (χ1n) is 6.19. The molecule has 3 nitrogen and oxygen atoms in total. The number of rotatable bonds is 5. The topological polar surface area (TPSA) is 32.7 Å². The van der Waals surface area contributed by atoms with Gasteiger partial charge in [0.15, 0.2) is 0 Å². The van der Waals surface area contributed by atoms with E-state index in [1.165, 1.54) is 4.88 Å². The van der Waals surface area contributed by atoms with Gasteiger partial charge in [-0.2, -0.15) is 0 Å². The Morgan fingerprint density at radius 2 is 2.24 bits per heavy atom. The Kier molecular flexibility index (Phi) is 4.56. The van der Waals surface area contributed by atoms with E-state index in [0.29, 0.717) is 13.2 Å². The smallest absolute Gasteiger partial charge is 0.0817 e. The van der Waals surface area contributed by atoms with Gasteiger partial charge in [0.1, 0.15) is 0 Å². The van der Waals surface area contributed by atoms with Crippen LogP contribution in [0.15, 0.2) is 17.5 Å². The number of hydrogen-bond acceptors (Lipinski definition) is 4. The van der Waals surface area contributed by atoms with Crippen LogP contribution in [0.1, 0.15) is 17.7 Å². The molecule has 1 aromatic heterocycles.